The Kier molecular flexibility index (Phi) is 5.41. The lowest BCUT2D eigenvalue weighted by Gasteiger charge is -2.53. The number of aromatic hydroxyl groups is 1. The van der Waals surface area contributed by atoms with Gasteiger partial charge in [-0.1, -0.05) is 18.1 Å². The van der Waals surface area contributed by atoms with Crippen LogP contribution in [0.5, 0.6) is 5.75 Å². The van der Waals surface area contributed by atoms with E-state index in [1.54, 1.807) is 6.92 Å². The Labute approximate surface area is 198 Å². The summed E-state index contributed by atoms with van der Waals surface area (Å²) in [5.41, 5.74) is 9.33. The van der Waals surface area contributed by atoms with E-state index < -0.39 is 81.4 Å². The molecule has 6 atom stereocenters. The molecule has 184 valence electrons. The second kappa shape index (κ2) is 7.82. The molecule has 0 aromatic heterocycles. The quantitative estimate of drug-likeness (QED) is 0.151. The van der Waals surface area contributed by atoms with Crippen molar-refractivity contribution >= 4 is 28.9 Å². The number of carbonyl (C=O) groups is 3. The zero-order valence-corrected chi connectivity index (χ0v) is 18.9. The van der Waals surface area contributed by atoms with Crippen LogP contribution in [0.2, 0.25) is 0 Å². The molecule has 0 spiro atoms. The number of primary amides is 1. The van der Waals surface area contributed by atoms with Crippen LogP contribution in [0.3, 0.4) is 0 Å². The van der Waals surface area contributed by atoms with Crippen LogP contribution >= 0.6 is 0 Å². The second-order valence-corrected chi connectivity index (χ2v) is 9.14. The summed E-state index contributed by atoms with van der Waals surface area (Å²) in [6.07, 6.45) is -1.68. The zero-order valence-electron chi connectivity index (χ0n) is 18.9. The number of benzene rings is 1. The molecule has 0 heterocycles. The summed E-state index contributed by atoms with van der Waals surface area (Å²) >= 11 is 0. The van der Waals surface area contributed by atoms with E-state index in [9.17, 15) is 39.9 Å². The Morgan fingerprint density at radius 2 is 1.86 bits per heavy atom. The second-order valence-electron chi connectivity index (χ2n) is 9.14. The van der Waals surface area contributed by atoms with Gasteiger partial charge in [0.05, 0.1) is 29.3 Å². The van der Waals surface area contributed by atoms with Crippen LogP contribution in [0.1, 0.15) is 24.0 Å². The van der Waals surface area contributed by atoms with E-state index in [2.05, 4.69) is 10.0 Å². The molecule has 1 amide bonds. The van der Waals surface area contributed by atoms with Gasteiger partial charge in [0.1, 0.15) is 22.8 Å². The molecule has 1 aromatic rings. The molecule has 13 heteroatoms. The van der Waals surface area contributed by atoms with Gasteiger partial charge in [-0.15, -0.1) is 0 Å². The first-order valence-corrected chi connectivity index (χ1v) is 10.6. The van der Waals surface area contributed by atoms with E-state index in [-0.39, 0.29) is 11.3 Å². The van der Waals surface area contributed by atoms with Crippen LogP contribution in [0.4, 0.5) is 5.69 Å². The number of Topliss-reactive ketones (excluding diaryl/α,β-unsaturated/α-hetero) is 2. The number of phenols is 1. The Morgan fingerprint density at radius 1 is 1.23 bits per heavy atom. The van der Waals surface area contributed by atoms with Crippen LogP contribution in [-0.4, -0.2) is 79.7 Å². The molecule has 4 rings (SSSR count). The molecule has 1 aromatic carbocycles. The van der Waals surface area contributed by atoms with Gasteiger partial charge in [-0.05, 0) is 37.2 Å². The van der Waals surface area contributed by atoms with Gasteiger partial charge in [-0.25, -0.2) is 0 Å². The minimum absolute atomic E-state index is 0.237. The summed E-state index contributed by atoms with van der Waals surface area (Å²) in [5, 5.41) is 58.9. The van der Waals surface area contributed by atoms with Crippen LogP contribution in [0.15, 0.2) is 34.2 Å². The van der Waals surface area contributed by atoms with Crippen LogP contribution < -0.4 is 5.73 Å². The monoisotopic (exact) mass is 485 g/mol. The largest absolute Gasteiger partial charge is 0.508 e. The SMILES string of the molecule is C[C@H]1c2ccc(N=[N+]=[N-])c(O)c2C(O)=C2C(=O)[C@]3(O)C(O)=C(C(N)=O)C(=O)[C@@H](N(C)C)C3C(O)C21. The Bertz CT molecular complexity index is 1310. The molecule has 3 aliphatic carbocycles. The third kappa shape index (κ3) is 2.93. The molecule has 0 radical (unpaired) electrons. The van der Waals surface area contributed by atoms with Crippen molar-refractivity contribution in [3.05, 3.63) is 50.6 Å². The molecule has 0 aliphatic heterocycles. The number of ketones is 2. The number of likely N-dealkylation sites (N-methyl/N-ethyl adjacent to an activating group) is 1. The van der Waals surface area contributed by atoms with Gasteiger partial charge in [0.25, 0.3) is 5.91 Å². The van der Waals surface area contributed by atoms with Gasteiger partial charge in [0.2, 0.25) is 5.78 Å². The number of azide groups is 1. The third-order valence-corrected chi connectivity index (χ3v) is 7.26. The molecule has 3 unspecified atom stereocenters. The topological polar surface area (TPSA) is 230 Å². The maximum Gasteiger partial charge on any atom is 0.255 e. The van der Waals surface area contributed by atoms with Gasteiger partial charge in [0.15, 0.2) is 11.4 Å². The van der Waals surface area contributed by atoms with Crippen molar-refractivity contribution in [2.24, 2.45) is 22.7 Å². The Hall–Kier alpha value is -3.90. The van der Waals surface area contributed by atoms with Gasteiger partial charge in [0, 0.05) is 16.4 Å². The normalized spacial score (nSPS) is 32.1. The van der Waals surface area contributed by atoms with Crippen molar-refractivity contribution in [3.63, 3.8) is 0 Å². The predicted octanol–water partition coefficient (Wildman–Crippen LogP) is 0.438. The number of hydrogen-bond acceptors (Lipinski definition) is 10. The minimum atomic E-state index is -2.98. The lowest BCUT2D eigenvalue weighted by molar-refractivity contribution is -0.169. The first-order valence-electron chi connectivity index (χ1n) is 10.6. The maximum atomic E-state index is 13.8. The first-order chi connectivity index (χ1) is 16.3. The fourth-order valence-corrected chi connectivity index (χ4v) is 5.73. The molecule has 1 fully saturated rings. The highest BCUT2D eigenvalue weighted by atomic mass is 16.4. The van der Waals surface area contributed by atoms with Gasteiger partial charge >= 0.3 is 0 Å². The number of nitrogens with zero attached hydrogens (tertiary/aromatic N) is 4. The predicted molar refractivity (Wildman–Crippen MR) is 119 cm³/mol. The van der Waals surface area contributed by atoms with E-state index in [1.807, 2.05) is 0 Å². The lowest BCUT2D eigenvalue weighted by atomic mass is 9.54. The standard InChI is InChI=1S/C22H23N5O8/c1-6-7-4-5-8(25-26-24)15(28)10(7)16(29)11-9(6)17(30)13-14(27(2)3)18(31)12(21(23)34)20(33)22(13,35)19(11)32/h4-6,9,13-14,17,28-30,33,35H,1-3H3,(H2,23,34)/t6-,9?,13?,14-,17?,22-/m0/s1. The summed E-state index contributed by atoms with van der Waals surface area (Å²) in [4.78, 5) is 42.8. The number of fused-ring (bicyclic) bond motifs is 3. The number of phenolic OH excluding ortho intramolecular Hbond substituents is 1. The van der Waals surface area contributed by atoms with Crippen molar-refractivity contribution in [1.29, 1.82) is 0 Å². The molecule has 7 N–H and O–H groups in total. The number of nitrogens with two attached hydrogens (primary N) is 1. The Balaban J connectivity index is 2.07. The number of hydrogen-bond donors (Lipinski definition) is 6. The molecule has 13 nitrogen and oxygen atoms in total. The maximum absolute atomic E-state index is 13.8. The third-order valence-electron chi connectivity index (χ3n) is 7.26. The number of carbonyl (C=O) groups excluding carboxylic acids is 3. The highest BCUT2D eigenvalue weighted by Crippen LogP contribution is 2.56. The van der Waals surface area contributed by atoms with E-state index in [0.29, 0.717) is 5.56 Å². The van der Waals surface area contributed by atoms with Crippen LogP contribution in [-0.2, 0) is 14.4 Å². The van der Waals surface area contributed by atoms with E-state index in [4.69, 9.17) is 11.3 Å². The van der Waals surface area contributed by atoms with Crippen molar-refractivity contribution in [2.75, 3.05) is 14.1 Å². The molecule has 35 heavy (non-hydrogen) atoms. The lowest BCUT2D eigenvalue weighted by Crippen LogP contribution is -2.70. The van der Waals surface area contributed by atoms with Gasteiger partial charge in [-0.2, -0.15) is 0 Å². The summed E-state index contributed by atoms with van der Waals surface area (Å²) in [7, 11) is 2.86. The zero-order chi connectivity index (χ0) is 26.1. The highest BCUT2D eigenvalue weighted by molar-refractivity contribution is 6.24. The van der Waals surface area contributed by atoms with Crippen LogP contribution in [0, 0.1) is 11.8 Å². The van der Waals surface area contributed by atoms with E-state index in [1.165, 1.54) is 31.1 Å². The van der Waals surface area contributed by atoms with Crippen molar-refractivity contribution < 1.29 is 39.9 Å². The first kappa shape index (κ1) is 24.2. The molecular weight excluding hydrogens is 462 g/mol. The summed E-state index contributed by atoms with van der Waals surface area (Å²) in [6.45, 7) is 1.60. The highest BCUT2D eigenvalue weighted by Gasteiger charge is 2.68. The van der Waals surface area contributed by atoms with Crippen molar-refractivity contribution in [2.45, 2.75) is 30.6 Å². The van der Waals surface area contributed by atoms with Gasteiger partial charge < -0.3 is 31.3 Å². The summed E-state index contributed by atoms with van der Waals surface area (Å²) in [5.74, 6) is -9.90. The number of amides is 1. The average Bonchev–Trinajstić information content (AvgIpc) is 2.77. The average molecular weight is 485 g/mol. The smallest absolute Gasteiger partial charge is 0.255 e. The van der Waals surface area contributed by atoms with Crippen LogP contribution in [0.25, 0.3) is 16.2 Å². The van der Waals surface area contributed by atoms with Crippen molar-refractivity contribution in [3.8, 4) is 5.75 Å². The van der Waals surface area contributed by atoms with E-state index in [0.717, 1.165) is 0 Å². The van der Waals surface area contributed by atoms with E-state index >= 15 is 0 Å². The van der Waals surface area contributed by atoms with Gasteiger partial charge in [-0.3, -0.25) is 19.3 Å². The fraction of sp³-hybridized carbons (Fsp3) is 0.409. The number of aliphatic hydroxyl groups excluding tert-OH is 3. The number of aliphatic hydroxyl groups is 4. The Morgan fingerprint density at radius 3 is 2.40 bits per heavy atom. The molecule has 0 bridgehead atoms. The summed E-state index contributed by atoms with van der Waals surface area (Å²) in [6, 6.07) is 1.33. The minimum Gasteiger partial charge on any atom is -0.508 e. The number of rotatable bonds is 3. The molecule has 0 saturated heterocycles. The summed E-state index contributed by atoms with van der Waals surface area (Å²) < 4.78 is 0. The fourth-order valence-electron chi connectivity index (χ4n) is 5.73. The molecule has 3 aliphatic rings. The van der Waals surface area contributed by atoms with Crippen molar-refractivity contribution in [1.82, 2.24) is 4.90 Å². The molecule has 1 saturated carbocycles. The molecular formula is C22H23N5O8.